The molecule has 2 aromatic rings. The van der Waals surface area contributed by atoms with Crippen LogP contribution in [-0.2, 0) is 6.54 Å². The van der Waals surface area contributed by atoms with E-state index in [-0.39, 0.29) is 29.5 Å². The Morgan fingerprint density at radius 3 is 2.55 bits per heavy atom. The minimum Gasteiger partial charge on any atom is -0.444 e. The summed E-state index contributed by atoms with van der Waals surface area (Å²) in [4.78, 5) is 11.8. The van der Waals surface area contributed by atoms with Gasteiger partial charge in [0.1, 0.15) is 12.0 Å². The minimum absolute atomic E-state index is 0. The molecule has 0 radical (unpaired) electrons. The summed E-state index contributed by atoms with van der Waals surface area (Å²) in [6.45, 7) is 11.2. The number of guanidine groups is 1. The van der Waals surface area contributed by atoms with Crippen molar-refractivity contribution in [2.24, 2.45) is 4.99 Å². The highest BCUT2D eigenvalue weighted by Crippen LogP contribution is 2.20. The molecule has 1 aliphatic rings. The smallest absolute Gasteiger partial charge is 0.226 e. The molecular weight excluding hydrogens is 477 g/mol. The van der Waals surface area contributed by atoms with Crippen molar-refractivity contribution in [3.8, 4) is 11.5 Å². The Bertz CT molecular complexity index is 754. The number of nitrogens with zero attached hydrogens (tertiary/aromatic N) is 3. The van der Waals surface area contributed by atoms with Gasteiger partial charge in [-0.3, -0.25) is 4.90 Å². The fraction of sp³-hybridized carbons (Fsp3) is 0.545. The van der Waals surface area contributed by atoms with Crippen LogP contribution >= 0.6 is 24.0 Å². The zero-order chi connectivity index (χ0) is 19.8. The molecule has 6 nitrogen and oxygen atoms in total. The van der Waals surface area contributed by atoms with Gasteiger partial charge in [0, 0.05) is 24.2 Å². The molecule has 0 aliphatic carbocycles. The van der Waals surface area contributed by atoms with Gasteiger partial charge < -0.3 is 15.1 Å². The summed E-state index contributed by atoms with van der Waals surface area (Å²) in [7, 11) is 0. The van der Waals surface area contributed by atoms with Crippen molar-refractivity contribution in [3.63, 3.8) is 0 Å². The lowest BCUT2D eigenvalue weighted by Crippen LogP contribution is -2.54. The minimum atomic E-state index is 0. The van der Waals surface area contributed by atoms with Crippen LogP contribution in [0, 0.1) is 0 Å². The highest BCUT2D eigenvalue weighted by molar-refractivity contribution is 14.0. The molecule has 3 rings (SSSR count). The summed E-state index contributed by atoms with van der Waals surface area (Å²) < 4.78 is 5.61. The molecule has 0 spiro atoms. The first-order chi connectivity index (χ1) is 13.6. The number of hydrogen-bond donors (Lipinski definition) is 2. The van der Waals surface area contributed by atoms with Crippen molar-refractivity contribution in [3.05, 3.63) is 42.3 Å². The number of hydrogen-bond acceptors (Lipinski definition) is 4. The van der Waals surface area contributed by atoms with E-state index >= 15 is 0 Å². The quantitative estimate of drug-likeness (QED) is 0.330. The second-order valence-electron chi connectivity index (χ2n) is 7.92. The van der Waals surface area contributed by atoms with Gasteiger partial charge in [-0.25, -0.2) is 9.98 Å². The molecule has 29 heavy (non-hydrogen) atoms. The Labute approximate surface area is 191 Å². The summed E-state index contributed by atoms with van der Waals surface area (Å²) in [6.07, 6.45) is 5.64. The summed E-state index contributed by atoms with van der Waals surface area (Å²) in [6, 6.07) is 9.93. The fourth-order valence-electron chi connectivity index (χ4n) is 3.51. The number of aromatic nitrogens is 1. The molecule has 1 aromatic carbocycles. The van der Waals surface area contributed by atoms with E-state index in [4.69, 9.17) is 9.41 Å². The average molecular weight is 511 g/mol. The molecule has 0 bridgehead atoms. The number of oxazole rings is 1. The lowest BCUT2D eigenvalue weighted by molar-refractivity contribution is 0.0982. The van der Waals surface area contributed by atoms with Gasteiger partial charge in [-0.2, -0.15) is 0 Å². The van der Waals surface area contributed by atoms with Crippen LogP contribution in [0.3, 0.4) is 0 Å². The monoisotopic (exact) mass is 511 g/mol. The molecule has 2 N–H and O–H groups in total. The number of aliphatic imine (C=N–C) groups is 1. The number of halogens is 1. The molecular formula is C22H34IN5O. The van der Waals surface area contributed by atoms with Crippen LogP contribution in [0.4, 0.5) is 0 Å². The molecule has 1 aliphatic heterocycles. The third-order valence-electron chi connectivity index (χ3n) is 5.22. The van der Waals surface area contributed by atoms with Crippen LogP contribution in [0.5, 0.6) is 0 Å². The molecule has 2 heterocycles. The fourth-order valence-corrected chi connectivity index (χ4v) is 3.51. The zero-order valence-electron chi connectivity index (χ0n) is 17.8. The van der Waals surface area contributed by atoms with Gasteiger partial charge in [-0.15, -0.1) is 24.0 Å². The summed E-state index contributed by atoms with van der Waals surface area (Å²) >= 11 is 0. The Morgan fingerprint density at radius 2 is 1.86 bits per heavy atom. The molecule has 1 aromatic heterocycles. The van der Waals surface area contributed by atoms with E-state index < -0.39 is 0 Å². The first-order valence-electron chi connectivity index (χ1n) is 10.4. The number of piperidine rings is 1. The number of rotatable bonds is 7. The predicted molar refractivity (Wildman–Crippen MR) is 130 cm³/mol. The Morgan fingerprint density at radius 1 is 1.14 bits per heavy atom. The Hall–Kier alpha value is -1.61. The van der Waals surface area contributed by atoms with E-state index in [1.54, 1.807) is 6.26 Å². The maximum absolute atomic E-state index is 5.61. The standard InChI is InChI=1S/C22H33N5O.HI/c1-4-23-21(25-17-22(2,3)27-13-9-6-10-14-27)24-15-19-16-28-20(26-19)18-11-7-5-8-12-18;/h5,7-8,11-12,16H,4,6,9-10,13-15,17H2,1-3H3,(H2,23,24,25);1H. The summed E-state index contributed by atoms with van der Waals surface area (Å²) in [5.74, 6) is 1.45. The topological polar surface area (TPSA) is 65.7 Å². The van der Waals surface area contributed by atoms with E-state index in [2.05, 4.69) is 41.3 Å². The second-order valence-corrected chi connectivity index (χ2v) is 7.92. The Balaban J connectivity index is 0.00000300. The van der Waals surface area contributed by atoms with Crippen molar-refractivity contribution < 1.29 is 4.42 Å². The van der Waals surface area contributed by atoms with E-state index in [0.29, 0.717) is 12.4 Å². The van der Waals surface area contributed by atoms with Crippen molar-refractivity contribution >= 4 is 29.9 Å². The number of nitrogens with one attached hydrogen (secondary N) is 2. The van der Waals surface area contributed by atoms with Crippen LogP contribution in [-0.4, -0.2) is 47.6 Å². The highest BCUT2D eigenvalue weighted by atomic mass is 127. The van der Waals surface area contributed by atoms with Crippen LogP contribution in [0.15, 0.2) is 46.0 Å². The van der Waals surface area contributed by atoms with E-state index in [1.807, 2.05) is 30.3 Å². The van der Waals surface area contributed by atoms with Gasteiger partial charge in [-0.1, -0.05) is 24.6 Å². The summed E-state index contributed by atoms with van der Waals surface area (Å²) in [5.41, 5.74) is 1.91. The molecule has 1 saturated heterocycles. The van der Waals surface area contributed by atoms with Crippen LogP contribution in [0.1, 0.15) is 45.7 Å². The van der Waals surface area contributed by atoms with Gasteiger partial charge in [0.25, 0.3) is 0 Å². The largest absolute Gasteiger partial charge is 0.444 e. The van der Waals surface area contributed by atoms with E-state index in [9.17, 15) is 0 Å². The van der Waals surface area contributed by atoms with Crippen LogP contribution < -0.4 is 10.6 Å². The van der Waals surface area contributed by atoms with Crippen molar-refractivity contribution in [1.82, 2.24) is 20.5 Å². The number of likely N-dealkylation sites (tertiary alicyclic amines) is 1. The third kappa shape index (κ3) is 6.99. The molecule has 0 amide bonds. The maximum Gasteiger partial charge on any atom is 0.226 e. The van der Waals surface area contributed by atoms with Gasteiger partial charge in [0.2, 0.25) is 5.89 Å². The third-order valence-corrected chi connectivity index (χ3v) is 5.22. The van der Waals surface area contributed by atoms with Gasteiger partial charge in [0.15, 0.2) is 5.96 Å². The maximum atomic E-state index is 5.61. The first-order valence-corrected chi connectivity index (χ1v) is 10.4. The SMILES string of the molecule is CCNC(=NCc1coc(-c2ccccc2)n1)NCC(C)(C)N1CCCCC1.I. The van der Waals surface area contributed by atoms with E-state index in [0.717, 1.165) is 30.3 Å². The van der Waals surface area contributed by atoms with Crippen molar-refractivity contribution in [2.75, 3.05) is 26.2 Å². The molecule has 0 unspecified atom stereocenters. The van der Waals surface area contributed by atoms with Crippen molar-refractivity contribution in [1.29, 1.82) is 0 Å². The normalized spacial score (nSPS) is 15.6. The lowest BCUT2D eigenvalue weighted by Gasteiger charge is -2.41. The van der Waals surface area contributed by atoms with E-state index in [1.165, 1.54) is 32.4 Å². The molecule has 0 atom stereocenters. The first kappa shape index (κ1) is 23.7. The molecule has 7 heteroatoms. The number of benzene rings is 1. The summed E-state index contributed by atoms with van der Waals surface area (Å²) in [5, 5.41) is 6.83. The molecule has 1 fully saturated rings. The highest BCUT2D eigenvalue weighted by Gasteiger charge is 2.27. The average Bonchev–Trinajstić information content (AvgIpc) is 3.20. The predicted octanol–water partition coefficient (Wildman–Crippen LogP) is 4.28. The van der Waals surface area contributed by atoms with Gasteiger partial charge in [-0.05, 0) is 58.8 Å². The zero-order valence-corrected chi connectivity index (χ0v) is 20.1. The molecule has 0 saturated carbocycles. The lowest BCUT2D eigenvalue weighted by atomic mass is 9.98. The second kappa shape index (κ2) is 11.5. The van der Waals surface area contributed by atoms with Gasteiger partial charge >= 0.3 is 0 Å². The van der Waals surface area contributed by atoms with Crippen LogP contribution in [0.25, 0.3) is 11.5 Å². The van der Waals surface area contributed by atoms with Gasteiger partial charge in [0.05, 0.1) is 6.54 Å². The Kier molecular flexibility index (Phi) is 9.42. The van der Waals surface area contributed by atoms with Crippen molar-refractivity contribution in [2.45, 2.75) is 52.1 Å². The van der Waals surface area contributed by atoms with Crippen LogP contribution in [0.2, 0.25) is 0 Å². The molecule has 160 valence electrons.